The summed E-state index contributed by atoms with van der Waals surface area (Å²) in [7, 11) is 0. The number of amides is 1. The van der Waals surface area contributed by atoms with Crippen molar-refractivity contribution in [1.29, 1.82) is 0 Å². The second-order valence-electron chi connectivity index (χ2n) is 7.63. The number of nitro benzene ring substituents is 1. The summed E-state index contributed by atoms with van der Waals surface area (Å²) in [4.78, 5) is 38.0. The SMILES string of the molecule is Cc1ccc(/C(O)=C2/C(=O)C(=O)N(Cc3ccccc3)C2c2ccc([N+](=O)[O-])cc2)cc1. The van der Waals surface area contributed by atoms with E-state index in [1.54, 1.807) is 24.3 Å². The Bertz CT molecular complexity index is 1220. The topological polar surface area (TPSA) is 101 Å². The highest BCUT2D eigenvalue weighted by atomic mass is 16.6. The molecule has 3 aromatic carbocycles. The molecule has 0 saturated carbocycles. The smallest absolute Gasteiger partial charge is 0.295 e. The van der Waals surface area contributed by atoms with Crippen LogP contribution in [0.3, 0.4) is 0 Å². The number of non-ortho nitro benzene ring substituents is 1. The summed E-state index contributed by atoms with van der Waals surface area (Å²) in [5, 5.41) is 22.1. The van der Waals surface area contributed by atoms with Gasteiger partial charge in [-0.15, -0.1) is 0 Å². The van der Waals surface area contributed by atoms with Crippen LogP contribution in [0.25, 0.3) is 5.76 Å². The van der Waals surface area contributed by atoms with Crippen molar-refractivity contribution in [1.82, 2.24) is 4.90 Å². The van der Waals surface area contributed by atoms with Gasteiger partial charge in [0, 0.05) is 24.2 Å². The normalized spacial score (nSPS) is 17.5. The molecule has 1 unspecified atom stereocenters. The van der Waals surface area contributed by atoms with E-state index >= 15 is 0 Å². The molecule has 1 heterocycles. The van der Waals surface area contributed by atoms with Crippen LogP contribution in [0.1, 0.15) is 28.3 Å². The Labute approximate surface area is 184 Å². The molecule has 1 saturated heterocycles. The Morgan fingerprint density at radius 1 is 0.969 bits per heavy atom. The molecule has 160 valence electrons. The van der Waals surface area contributed by atoms with E-state index in [2.05, 4.69) is 0 Å². The molecular weight excluding hydrogens is 408 g/mol. The number of aryl methyl sites for hydroxylation is 1. The van der Waals surface area contributed by atoms with Crippen LogP contribution >= 0.6 is 0 Å². The average Bonchev–Trinajstić information content (AvgIpc) is 3.05. The molecule has 1 N–H and O–H groups in total. The molecule has 0 radical (unpaired) electrons. The van der Waals surface area contributed by atoms with Crippen molar-refractivity contribution in [2.75, 3.05) is 0 Å². The Balaban J connectivity index is 1.85. The van der Waals surface area contributed by atoms with Gasteiger partial charge in [0.05, 0.1) is 16.5 Å². The monoisotopic (exact) mass is 428 g/mol. The minimum Gasteiger partial charge on any atom is -0.507 e. The lowest BCUT2D eigenvalue weighted by Gasteiger charge is -2.25. The van der Waals surface area contributed by atoms with Crippen LogP contribution in [-0.4, -0.2) is 26.6 Å². The van der Waals surface area contributed by atoms with Gasteiger partial charge in [-0.05, 0) is 30.2 Å². The standard InChI is InChI=1S/C25H20N2O5/c1-16-7-9-19(10-8-16)23(28)21-22(18-11-13-20(14-12-18)27(31)32)26(25(30)24(21)29)15-17-5-3-2-4-6-17/h2-14,22,28H,15H2,1H3/b23-21-. The lowest BCUT2D eigenvalue weighted by atomic mass is 9.94. The van der Waals surface area contributed by atoms with Crippen LogP contribution in [-0.2, 0) is 16.1 Å². The van der Waals surface area contributed by atoms with Gasteiger partial charge in [-0.1, -0.05) is 60.2 Å². The number of aliphatic hydroxyl groups is 1. The summed E-state index contributed by atoms with van der Waals surface area (Å²) in [6.45, 7) is 2.05. The number of carbonyl (C=O) groups is 2. The fourth-order valence-corrected chi connectivity index (χ4v) is 3.82. The molecule has 7 nitrogen and oxygen atoms in total. The highest BCUT2D eigenvalue weighted by molar-refractivity contribution is 6.46. The lowest BCUT2D eigenvalue weighted by molar-refractivity contribution is -0.384. The largest absolute Gasteiger partial charge is 0.507 e. The molecule has 1 atom stereocenters. The van der Waals surface area contributed by atoms with Crippen molar-refractivity contribution in [3.05, 3.63) is 117 Å². The van der Waals surface area contributed by atoms with Gasteiger partial charge in [-0.25, -0.2) is 0 Å². The van der Waals surface area contributed by atoms with Crippen LogP contribution in [0.5, 0.6) is 0 Å². The van der Waals surface area contributed by atoms with Gasteiger partial charge in [0.15, 0.2) is 0 Å². The zero-order valence-electron chi connectivity index (χ0n) is 17.3. The molecule has 0 aromatic heterocycles. The van der Waals surface area contributed by atoms with E-state index in [-0.39, 0.29) is 23.6 Å². The number of aliphatic hydroxyl groups excluding tert-OH is 1. The van der Waals surface area contributed by atoms with Gasteiger partial charge >= 0.3 is 0 Å². The molecule has 4 rings (SSSR count). The number of ketones is 1. The van der Waals surface area contributed by atoms with E-state index in [4.69, 9.17) is 0 Å². The van der Waals surface area contributed by atoms with E-state index < -0.39 is 22.7 Å². The van der Waals surface area contributed by atoms with Crippen LogP contribution < -0.4 is 0 Å². The second-order valence-corrected chi connectivity index (χ2v) is 7.63. The third-order valence-corrected chi connectivity index (χ3v) is 5.48. The second kappa shape index (κ2) is 8.47. The average molecular weight is 428 g/mol. The van der Waals surface area contributed by atoms with Crippen molar-refractivity contribution in [3.8, 4) is 0 Å². The molecule has 1 aliphatic heterocycles. The number of Topliss-reactive ketones (excluding diaryl/α,β-unsaturated/α-hetero) is 1. The van der Waals surface area contributed by atoms with Crippen LogP contribution in [0.2, 0.25) is 0 Å². The number of rotatable bonds is 5. The van der Waals surface area contributed by atoms with Gasteiger partial charge in [-0.3, -0.25) is 19.7 Å². The number of benzene rings is 3. The number of nitro groups is 1. The number of carbonyl (C=O) groups excluding carboxylic acids is 2. The summed E-state index contributed by atoms with van der Waals surface area (Å²) >= 11 is 0. The quantitative estimate of drug-likeness (QED) is 0.212. The molecule has 0 spiro atoms. The molecule has 0 bridgehead atoms. The van der Waals surface area contributed by atoms with Gasteiger partial charge in [-0.2, -0.15) is 0 Å². The van der Waals surface area contributed by atoms with Gasteiger partial charge in [0.1, 0.15) is 5.76 Å². The van der Waals surface area contributed by atoms with E-state index in [1.165, 1.54) is 29.2 Å². The molecule has 1 fully saturated rings. The fraction of sp³-hybridized carbons (Fsp3) is 0.120. The molecule has 7 heteroatoms. The summed E-state index contributed by atoms with van der Waals surface area (Å²) in [6, 6.07) is 20.9. The Morgan fingerprint density at radius 3 is 2.19 bits per heavy atom. The highest BCUT2D eigenvalue weighted by Crippen LogP contribution is 2.40. The zero-order chi connectivity index (χ0) is 22.8. The molecule has 1 aliphatic rings. The first kappa shape index (κ1) is 21.0. The minimum absolute atomic E-state index is 0.0383. The van der Waals surface area contributed by atoms with Crippen LogP contribution in [0.15, 0.2) is 84.4 Å². The molecule has 32 heavy (non-hydrogen) atoms. The number of likely N-dealkylation sites (tertiary alicyclic amines) is 1. The Hall–Kier alpha value is -4.26. The van der Waals surface area contributed by atoms with Crippen molar-refractivity contribution in [3.63, 3.8) is 0 Å². The summed E-state index contributed by atoms with van der Waals surface area (Å²) in [6.07, 6.45) is 0. The van der Waals surface area contributed by atoms with E-state index in [0.717, 1.165) is 11.1 Å². The molecular formula is C25H20N2O5. The zero-order valence-corrected chi connectivity index (χ0v) is 17.3. The van der Waals surface area contributed by atoms with Crippen molar-refractivity contribution in [2.45, 2.75) is 19.5 Å². The minimum atomic E-state index is -0.877. The third-order valence-electron chi connectivity index (χ3n) is 5.48. The van der Waals surface area contributed by atoms with Gasteiger partial charge in [0.25, 0.3) is 17.4 Å². The Morgan fingerprint density at radius 2 is 1.59 bits per heavy atom. The van der Waals surface area contributed by atoms with Gasteiger partial charge < -0.3 is 10.0 Å². The predicted molar refractivity (Wildman–Crippen MR) is 119 cm³/mol. The maximum absolute atomic E-state index is 13.0. The summed E-state index contributed by atoms with van der Waals surface area (Å²) in [5.74, 6) is -1.80. The van der Waals surface area contributed by atoms with Crippen LogP contribution in [0, 0.1) is 17.0 Å². The van der Waals surface area contributed by atoms with Crippen molar-refractivity contribution < 1.29 is 19.6 Å². The van der Waals surface area contributed by atoms with Gasteiger partial charge in [0.2, 0.25) is 0 Å². The number of hydrogen-bond acceptors (Lipinski definition) is 5. The fourth-order valence-electron chi connectivity index (χ4n) is 3.82. The maximum atomic E-state index is 13.0. The molecule has 1 amide bonds. The van der Waals surface area contributed by atoms with Crippen molar-refractivity contribution in [2.24, 2.45) is 0 Å². The van der Waals surface area contributed by atoms with E-state index in [0.29, 0.717) is 11.1 Å². The van der Waals surface area contributed by atoms with Crippen molar-refractivity contribution >= 4 is 23.1 Å². The highest BCUT2D eigenvalue weighted by Gasteiger charge is 2.46. The van der Waals surface area contributed by atoms with E-state index in [9.17, 15) is 24.8 Å². The Kier molecular flexibility index (Phi) is 5.55. The third kappa shape index (κ3) is 3.88. The summed E-state index contributed by atoms with van der Waals surface area (Å²) in [5.41, 5.74) is 2.57. The van der Waals surface area contributed by atoms with E-state index in [1.807, 2.05) is 37.3 Å². The number of nitrogens with zero attached hydrogens (tertiary/aromatic N) is 2. The predicted octanol–water partition coefficient (Wildman–Crippen LogP) is 4.53. The maximum Gasteiger partial charge on any atom is 0.295 e. The summed E-state index contributed by atoms with van der Waals surface area (Å²) < 4.78 is 0. The molecule has 3 aromatic rings. The first-order valence-corrected chi connectivity index (χ1v) is 10.0. The lowest BCUT2D eigenvalue weighted by Crippen LogP contribution is -2.29. The van der Waals surface area contributed by atoms with Crippen LogP contribution in [0.4, 0.5) is 5.69 Å². The number of hydrogen-bond donors (Lipinski definition) is 1. The first-order chi connectivity index (χ1) is 15.4. The first-order valence-electron chi connectivity index (χ1n) is 10.0. The molecule has 0 aliphatic carbocycles.